The zero-order valence-electron chi connectivity index (χ0n) is 15.7. The van der Waals surface area contributed by atoms with E-state index in [9.17, 15) is 18.0 Å². The smallest absolute Gasteiger partial charge is 0.386 e. The van der Waals surface area contributed by atoms with Crippen LogP contribution in [0.25, 0.3) is 10.6 Å². The van der Waals surface area contributed by atoms with Crippen LogP contribution < -0.4 is 10.6 Å². The molecule has 1 aromatic heterocycles. The van der Waals surface area contributed by atoms with Gasteiger partial charge in [0.1, 0.15) is 9.88 Å². The van der Waals surface area contributed by atoms with E-state index in [1.807, 2.05) is 13.0 Å². The van der Waals surface area contributed by atoms with Gasteiger partial charge in [-0.25, -0.2) is 4.98 Å². The molecule has 0 unspecified atom stereocenters. The zero-order chi connectivity index (χ0) is 21.3. The number of hydrogen-bond donors (Lipinski definition) is 2. The lowest BCUT2D eigenvalue weighted by molar-refractivity contribution is -0.140. The molecule has 29 heavy (non-hydrogen) atoms. The molecule has 0 saturated heterocycles. The lowest BCUT2D eigenvalue weighted by Gasteiger charge is -2.15. The van der Waals surface area contributed by atoms with Gasteiger partial charge in [0, 0.05) is 12.6 Å². The molecule has 0 saturated carbocycles. The third-order valence-corrected chi connectivity index (χ3v) is 5.61. The summed E-state index contributed by atoms with van der Waals surface area (Å²) >= 11 is 6.75. The first-order valence-electron chi connectivity index (χ1n) is 8.55. The number of nitrogens with zero attached hydrogens (tertiary/aromatic N) is 1. The van der Waals surface area contributed by atoms with Gasteiger partial charge in [0.15, 0.2) is 5.69 Å². The van der Waals surface area contributed by atoms with Gasteiger partial charge in [0.05, 0.1) is 16.4 Å². The van der Waals surface area contributed by atoms with Gasteiger partial charge in [-0.3, -0.25) is 4.79 Å². The Kier molecular flexibility index (Phi) is 5.86. The molecule has 0 fully saturated rings. The fourth-order valence-corrected chi connectivity index (χ4v) is 4.22. The minimum atomic E-state index is -4.78. The van der Waals surface area contributed by atoms with Crippen molar-refractivity contribution in [2.45, 2.75) is 20.0 Å². The molecule has 0 radical (unpaired) electrons. The maximum Gasteiger partial charge on any atom is 0.435 e. The highest BCUT2D eigenvalue weighted by Crippen LogP contribution is 2.40. The number of anilines is 2. The molecule has 0 atom stereocenters. The number of aromatic nitrogens is 1. The van der Waals surface area contributed by atoms with Crippen LogP contribution in [-0.2, 0) is 6.18 Å². The predicted molar refractivity (Wildman–Crippen MR) is 111 cm³/mol. The van der Waals surface area contributed by atoms with Crippen molar-refractivity contribution in [1.82, 2.24) is 4.98 Å². The summed E-state index contributed by atoms with van der Waals surface area (Å²) in [5.41, 5.74) is 1.83. The molecule has 152 valence electrons. The van der Waals surface area contributed by atoms with E-state index in [0.717, 1.165) is 11.1 Å². The Labute approximate surface area is 174 Å². The van der Waals surface area contributed by atoms with Crippen molar-refractivity contribution < 1.29 is 18.0 Å². The van der Waals surface area contributed by atoms with E-state index in [1.54, 1.807) is 44.3 Å². The second-order valence-corrected chi connectivity index (χ2v) is 7.79. The number of aryl methyl sites for hydroxylation is 2. The van der Waals surface area contributed by atoms with Crippen LogP contribution in [0.5, 0.6) is 0 Å². The molecule has 0 aliphatic carbocycles. The molecular formula is C20H17ClF3N3OS. The van der Waals surface area contributed by atoms with Gasteiger partial charge in [0.2, 0.25) is 0 Å². The fraction of sp³-hybridized carbons (Fsp3) is 0.200. The summed E-state index contributed by atoms with van der Waals surface area (Å²) in [6.45, 7) is 3.66. The Bertz CT molecular complexity index is 1080. The molecule has 4 nitrogen and oxygen atoms in total. The third-order valence-electron chi connectivity index (χ3n) is 4.19. The second-order valence-electron chi connectivity index (χ2n) is 6.38. The Balaban J connectivity index is 2.07. The number of rotatable bonds is 4. The Hall–Kier alpha value is -2.58. The first-order chi connectivity index (χ1) is 13.6. The molecule has 0 spiro atoms. The molecule has 1 heterocycles. The molecule has 0 bridgehead atoms. The van der Waals surface area contributed by atoms with Crippen LogP contribution in [0.3, 0.4) is 0 Å². The summed E-state index contributed by atoms with van der Waals surface area (Å²) in [5.74, 6) is -0.878. The molecular weight excluding hydrogens is 423 g/mol. The van der Waals surface area contributed by atoms with Gasteiger partial charge in [-0.1, -0.05) is 35.9 Å². The average Bonchev–Trinajstić information content (AvgIpc) is 3.09. The SMILES string of the molecule is CNc1cc(C)cc(C)c1NC(=O)c1sc(-c2ccccc2Cl)nc1C(F)(F)F. The maximum atomic E-state index is 13.6. The fourth-order valence-electron chi connectivity index (χ4n) is 2.92. The monoisotopic (exact) mass is 439 g/mol. The largest absolute Gasteiger partial charge is 0.435 e. The van der Waals surface area contributed by atoms with Crippen LogP contribution in [0.4, 0.5) is 24.5 Å². The van der Waals surface area contributed by atoms with Crippen LogP contribution in [0.2, 0.25) is 5.02 Å². The highest BCUT2D eigenvalue weighted by molar-refractivity contribution is 7.17. The first-order valence-corrected chi connectivity index (χ1v) is 9.74. The van der Waals surface area contributed by atoms with Gasteiger partial charge in [0.25, 0.3) is 5.91 Å². The Morgan fingerprint density at radius 3 is 2.48 bits per heavy atom. The second kappa shape index (κ2) is 8.04. The van der Waals surface area contributed by atoms with Gasteiger partial charge in [-0.15, -0.1) is 11.3 Å². The topological polar surface area (TPSA) is 54.0 Å². The average molecular weight is 440 g/mol. The summed E-state index contributed by atoms with van der Waals surface area (Å²) in [5, 5.41) is 5.84. The van der Waals surface area contributed by atoms with Crippen molar-refractivity contribution in [3.05, 3.63) is 63.1 Å². The van der Waals surface area contributed by atoms with E-state index in [4.69, 9.17) is 11.6 Å². The Morgan fingerprint density at radius 1 is 1.17 bits per heavy atom. The normalized spacial score (nSPS) is 11.4. The van der Waals surface area contributed by atoms with E-state index < -0.39 is 22.7 Å². The molecule has 9 heteroatoms. The number of alkyl halides is 3. The predicted octanol–water partition coefficient (Wildman–Crippen LogP) is 6.39. The minimum Gasteiger partial charge on any atom is -0.386 e. The van der Waals surface area contributed by atoms with Crippen LogP contribution >= 0.6 is 22.9 Å². The van der Waals surface area contributed by atoms with Crippen molar-refractivity contribution in [2.75, 3.05) is 17.7 Å². The molecule has 3 aromatic rings. The van der Waals surface area contributed by atoms with Crippen LogP contribution in [0.1, 0.15) is 26.5 Å². The van der Waals surface area contributed by atoms with Crippen molar-refractivity contribution in [2.24, 2.45) is 0 Å². The quantitative estimate of drug-likeness (QED) is 0.495. The summed E-state index contributed by atoms with van der Waals surface area (Å²) < 4.78 is 40.7. The molecule has 3 rings (SSSR count). The number of carbonyl (C=O) groups is 1. The number of benzene rings is 2. The van der Waals surface area contributed by atoms with Crippen molar-refractivity contribution in [1.29, 1.82) is 0 Å². The lowest BCUT2D eigenvalue weighted by Crippen LogP contribution is -2.18. The molecule has 0 aliphatic heterocycles. The highest BCUT2D eigenvalue weighted by atomic mass is 35.5. The van der Waals surface area contributed by atoms with E-state index in [2.05, 4.69) is 15.6 Å². The van der Waals surface area contributed by atoms with Gasteiger partial charge < -0.3 is 10.6 Å². The zero-order valence-corrected chi connectivity index (χ0v) is 17.3. The van der Waals surface area contributed by atoms with Crippen molar-refractivity contribution >= 4 is 40.2 Å². The van der Waals surface area contributed by atoms with Crippen LogP contribution in [0.15, 0.2) is 36.4 Å². The van der Waals surface area contributed by atoms with E-state index in [-0.39, 0.29) is 10.0 Å². The standard InChI is InChI=1S/C20H17ClF3N3OS/c1-10-8-11(2)15(14(9-10)25-3)26-18(28)16-17(20(22,23)24)27-19(29-16)12-6-4-5-7-13(12)21/h4-9,25H,1-3H3,(H,26,28). The number of carbonyl (C=O) groups excluding carboxylic acids is 1. The molecule has 1 amide bonds. The number of halogens is 4. The molecule has 2 aromatic carbocycles. The van der Waals surface area contributed by atoms with Crippen LogP contribution in [0, 0.1) is 13.8 Å². The molecule has 0 aliphatic rings. The number of nitrogens with one attached hydrogen (secondary N) is 2. The van der Waals surface area contributed by atoms with Crippen molar-refractivity contribution in [3.8, 4) is 10.6 Å². The lowest BCUT2D eigenvalue weighted by atomic mass is 10.1. The summed E-state index contributed by atoms with van der Waals surface area (Å²) in [6, 6.07) is 10.1. The van der Waals surface area contributed by atoms with E-state index >= 15 is 0 Å². The molecule has 2 N–H and O–H groups in total. The van der Waals surface area contributed by atoms with Crippen LogP contribution in [-0.4, -0.2) is 17.9 Å². The van der Waals surface area contributed by atoms with Gasteiger partial charge >= 0.3 is 6.18 Å². The number of thiazole rings is 1. The minimum absolute atomic E-state index is 0.0301. The van der Waals surface area contributed by atoms with E-state index in [1.165, 1.54) is 0 Å². The Morgan fingerprint density at radius 2 is 1.86 bits per heavy atom. The third kappa shape index (κ3) is 4.38. The summed E-state index contributed by atoms with van der Waals surface area (Å²) in [7, 11) is 1.67. The number of hydrogen-bond acceptors (Lipinski definition) is 4. The number of amides is 1. The maximum absolute atomic E-state index is 13.6. The van der Waals surface area contributed by atoms with Crippen molar-refractivity contribution in [3.63, 3.8) is 0 Å². The summed E-state index contributed by atoms with van der Waals surface area (Å²) in [6.07, 6.45) is -4.78. The summed E-state index contributed by atoms with van der Waals surface area (Å²) in [4.78, 5) is 16.0. The highest BCUT2D eigenvalue weighted by Gasteiger charge is 2.40. The van der Waals surface area contributed by atoms with Gasteiger partial charge in [-0.05, 0) is 37.1 Å². The van der Waals surface area contributed by atoms with E-state index in [0.29, 0.717) is 28.3 Å². The first kappa shape index (κ1) is 21.1. The van der Waals surface area contributed by atoms with Gasteiger partial charge in [-0.2, -0.15) is 13.2 Å².